The number of nitrogens with one attached hydrogen (secondary N) is 2. The van der Waals surface area contributed by atoms with E-state index in [-0.39, 0.29) is 25.6 Å². The summed E-state index contributed by atoms with van der Waals surface area (Å²) in [6.45, 7) is 3.64. The van der Waals surface area contributed by atoms with Gasteiger partial charge in [0.25, 0.3) is 0 Å². The molecule has 0 bridgehead atoms. The van der Waals surface area contributed by atoms with Gasteiger partial charge in [0.05, 0.1) is 12.7 Å². The van der Waals surface area contributed by atoms with E-state index in [9.17, 15) is 19.5 Å². The Bertz CT molecular complexity index is 1230. The lowest BCUT2D eigenvalue weighted by molar-refractivity contribution is -0.146. The molecule has 3 atom stereocenters. The molecule has 3 aromatic carbocycles. The summed E-state index contributed by atoms with van der Waals surface area (Å²) in [5.41, 5.74) is 5.39. The molecule has 3 N–H and O–H groups in total. The summed E-state index contributed by atoms with van der Waals surface area (Å²) in [5, 5.41) is 14.8. The van der Waals surface area contributed by atoms with E-state index in [1.807, 2.05) is 66.7 Å². The van der Waals surface area contributed by atoms with Crippen LogP contribution in [0.1, 0.15) is 42.9 Å². The molecule has 0 aromatic heterocycles. The first-order chi connectivity index (χ1) is 18.3. The van der Waals surface area contributed by atoms with Crippen molar-refractivity contribution in [2.24, 2.45) is 0 Å². The molecule has 0 saturated carbocycles. The van der Waals surface area contributed by atoms with E-state index in [1.54, 1.807) is 13.8 Å². The summed E-state index contributed by atoms with van der Waals surface area (Å²) in [6, 6.07) is 23.7. The van der Waals surface area contributed by atoms with Crippen LogP contribution in [0.3, 0.4) is 0 Å². The van der Waals surface area contributed by atoms with Crippen LogP contribution in [0.25, 0.3) is 11.1 Å². The number of aliphatic carboxylic acids is 1. The second kappa shape index (κ2) is 12.4. The van der Waals surface area contributed by atoms with Crippen molar-refractivity contribution in [2.75, 3.05) is 6.61 Å². The van der Waals surface area contributed by atoms with Crippen molar-refractivity contribution in [3.63, 3.8) is 0 Å². The van der Waals surface area contributed by atoms with Crippen molar-refractivity contribution in [3.05, 3.63) is 95.6 Å². The molecule has 3 unspecified atom stereocenters. The van der Waals surface area contributed by atoms with Gasteiger partial charge in [0.15, 0.2) is 6.04 Å². The Morgan fingerprint density at radius 2 is 1.42 bits per heavy atom. The molecule has 0 radical (unpaired) electrons. The predicted molar refractivity (Wildman–Crippen MR) is 143 cm³/mol. The molecule has 0 aliphatic heterocycles. The van der Waals surface area contributed by atoms with E-state index in [0.717, 1.165) is 27.8 Å². The minimum atomic E-state index is -1.23. The van der Waals surface area contributed by atoms with E-state index in [4.69, 9.17) is 9.47 Å². The zero-order valence-corrected chi connectivity index (χ0v) is 21.4. The number of hydrogen-bond donors (Lipinski definition) is 3. The molecule has 8 nitrogen and oxygen atoms in total. The number of fused-ring (bicyclic) bond motifs is 3. The standard InChI is InChI=1S/C30H32N2O6/c1-19(16-27(33)32-28(29(34)35)20(2)37-17-21-10-4-3-5-11-21)31-30(36)38-18-26-24-14-8-6-12-22(24)23-13-7-9-15-25(23)26/h3-15,19-20,26,28H,16-18H2,1-2H3,(H,31,36)(H,32,33)(H,34,35). The Kier molecular flexibility index (Phi) is 8.76. The average molecular weight is 517 g/mol. The first kappa shape index (κ1) is 26.9. The van der Waals surface area contributed by atoms with E-state index in [2.05, 4.69) is 22.8 Å². The van der Waals surface area contributed by atoms with Gasteiger partial charge in [0.1, 0.15) is 6.61 Å². The number of carboxylic acid groups (broad SMARTS) is 1. The highest BCUT2D eigenvalue weighted by Crippen LogP contribution is 2.44. The minimum Gasteiger partial charge on any atom is -0.480 e. The lowest BCUT2D eigenvalue weighted by atomic mass is 9.98. The van der Waals surface area contributed by atoms with Gasteiger partial charge in [-0.15, -0.1) is 0 Å². The summed E-state index contributed by atoms with van der Waals surface area (Å²) in [7, 11) is 0. The largest absolute Gasteiger partial charge is 0.480 e. The number of ether oxygens (including phenoxy) is 2. The molecule has 8 heteroatoms. The zero-order valence-electron chi connectivity index (χ0n) is 21.4. The molecule has 38 heavy (non-hydrogen) atoms. The number of carboxylic acids is 1. The predicted octanol–water partition coefficient (Wildman–Crippen LogP) is 4.48. The number of benzene rings is 3. The second-order valence-electron chi connectivity index (χ2n) is 9.46. The molecule has 0 spiro atoms. The van der Waals surface area contributed by atoms with Crippen LogP contribution in [0.15, 0.2) is 78.9 Å². The molecule has 1 aliphatic carbocycles. The third kappa shape index (κ3) is 6.58. The van der Waals surface area contributed by atoms with Crippen LogP contribution in [-0.2, 0) is 25.7 Å². The summed E-state index contributed by atoms with van der Waals surface area (Å²) in [5.74, 6) is -1.78. The van der Waals surface area contributed by atoms with Gasteiger partial charge in [-0.2, -0.15) is 0 Å². The van der Waals surface area contributed by atoms with Crippen LogP contribution in [0, 0.1) is 0 Å². The first-order valence-electron chi connectivity index (χ1n) is 12.6. The summed E-state index contributed by atoms with van der Waals surface area (Å²) < 4.78 is 11.2. The van der Waals surface area contributed by atoms with Crippen LogP contribution in [0.5, 0.6) is 0 Å². The Labute approximate surface area is 222 Å². The maximum absolute atomic E-state index is 12.5. The Balaban J connectivity index is 1.25. The maximum atomic E-state index is 12.5. The quantitative estimate of drug-likeness (QED) is 0.346. The van der Waals surface area contributed by atoms with Gasteiger partial charge < -0.3 is 25.2 Å². The zero-order chi connectivity index (χ0) is 27.1. The SMILES string of the molecule is CC(CC(=O)NC(C(=O)O)C(C)OCc1ccccc1)NC(=O)OCC1c2ccccc2-c2ccccc21. The van der Waals surface area contributed by atoms with Gasteiger partial charge in [-0.25, -0.2) is 9.59 Å². The Morgan fingerprint density at radius 1 is 0.842 bits per heavy atom. The minimum absolute atomic E-state index is 0.0690. The normalized spacial score (nSPS) is 14.5. The van der Waals surface area contributed by atoms with Gasteiger partial charge in [0.2, 0.25) is 5.91 Å². The number of rotatable bonds is 11. The summed E-state index contributed by atoms with van der Waals surface area (Å²) >= 11 is 0. The van der Waals surface area contributed by atoms with Crippen molar-refractivity contribution in [2.45, 2.75) is 51.0 Å². The Morgan fingerprint density at radius 3 is 2.03 bits per heavy atom. The number of carbonyl (C=O) groups excluding carboxylic acids is 2. The van der Waals surface area contributed by atoms with Crippen LogP contribution in [0.4, 0.5) is 4.79 Å². The number of alkyl carbamates (subject to hydrolysis) is 1. The fourth-order valence-corrected chi connectivity index (χ4v) is 4.68. The van der Waals surface area contributed by atoms with Crippen molar-refractivity contribution >= 4 is 18.0 Å². The molecule has 4 rings (SSSR count). The third-order valence-corrected chi connectivity index (χ3v) is 6.61. The number of hydrogen-bond acceptors (Lipinski definition) is 5. The smallest absolute Gasteiger partial charge is 0.407 e. The highest BCUT2D eigenvalue weighted by atomic mass is 16.5. The summed E-state index contributed by atoms with van der Waals surface area (Å²) in [6.07, 6.45) is -1.51. The molecule has 1 aliphatic rings. The van der Waals surface area contributed by atoms with Crippen molar-refractivity contribution in [3.8, 4) is 11.1 Å². The third-order valence-electron chi connectivity index (χ3n) is 6.61. The topological polar surface area (TPSA) is 114 Å². The molecule has 0 saturated heterocycles. The van der Waals surface area contributed by atoms with Gasteiger partial charge in [0, 0.05) is 18.4 Å². The van der Waals surface area contributed by atoms with Gasteiger partial charge >= 0.3 is 12.1 Å². The average Bonchev–Trinajstić information content (AvgIpc) is 3.23. The first-order valence-corrected chi connectivity index (χ1v) is 12.6. The molecule has 3 aromatic rings. The number of amides is 2. The number of carbonyl (C=O) groups is 3. The molecular weight excluding hydrogens is 484 g/mol. The molecular formula is C30H32N2O6. The highest BCUT2D eigenvalue weighted by molar-refractivity contribution is 5.84. The molecule has 0 fully saturated rings. The van der Waals surface area contributed by atoms with E-state index in [1.165, 1.54) is 0 Å². The van der Waals surface area contributed by atoms with Crippen LogP contribution in [0.2, 0.25) is 0 Å². The molecule has 198 valence electrons. The van der Waals surface area contributed by atoms with Crippen LogP contribution < -0.4 is 10.6 Å². The summed E-state index contributed by atoms with van der Waals surface area (Å²) in [4.78, 5) is 36.8. The lowest BCUT2D eigenvalue weighted by Gasteiger charge is -2.23. The van der Waals surface area contributed by atoms with Gasteiger partial charge in [-0.3, -0.25) is 4.79 Å². The molecule has 2 amide bonds. The highest BCUT2D eigenvalue weighted by Gasteiger charge is 2.30. The van der Waals surface area contributed by atoms with Crippen molar-refractivity contribution in [1.29, 1.82) is 0 Å². The van der Waals surface area contributed by atoms with Gasteiger partial charge in [-0.05, 0) is 41.7 Å². The van der Waals surface area contributed by atoms with Crippen LogP contribution >= 0.6 is 0 Å². The fourth-order valence-electron chi connectivity index (χ4n) is 4.68. The van der Waals surface area contributed by atoms with E-state index < -0.39 is 36.2 Å². The fraction of sp³-hybridized carbons (Fsp3) is 0.300. The van der Waals surface area contributed by atoms with E-state index >= 15 is 0 Å². The maximum Gasteiger partial charge on any atom is 0.407 e. The second-order valence-corrected chi connectivity index (χ2v) is 9.46. The Hall–Kier alpha value is -4.17. The van der Waals surface area contributed by atoms with Crippen molar-refractivity contribution in [1.82, 2.24) is 10.6 Å². The monoisotopic (exact) mass is 516 g/mol. The van der Waals surface area contributed by atoms with Crippen molar-refractivity contribution < 1.29 is 29.0 Å². The van der Waals surface area contributed by atoms with Crippen LogP contribution in [-0.4, -0.2) is 47.9 Å². The lowest BCUT2D eigenvalue weighted by Crippen LogP contribution is -2.50. The van der Waals surface area contributed by atoms with Gasteiger partial charge in [-0.1, -0.05) is 78.9 Å². The van der Waals surface area contributed by atoms with E-state index in [0.29, 0.717) is 0 Å². The molecule has 0 heterocycles.